The summed E-state index contributed by atoms with van der Waals surface area (Å²) in [7, 11) is 0. The van der Waals surface area contributed by atoms with Crippen molar-refractivity contribution >= 4 is 39.4 Å². The number of carboxylic acids is 1. The third-order valence-corrected chi connectivity index (χ3v) is 4.10. The molecule has 4 nitrogen and oxygen atoms in total. The van der Waals surface area contributed by atoms with E-state index < -0.39 is 17.4 Å². The molecule has 1 rings (SSSR count). The zero-order valence-corrected chi connectivity index (χ0v) is 13.0. The van der Waals surface area contributed by atoms with Gasteiger partial charge < -0.3 is 10.4 Å². The maximum atomic E-state index is 12.1. The van der Waals surface area contributed by atoms with E-state index in [1.165, 1.54) is 6.92 Å². The van der Waals surface area contributed by atoms with E-state index in [0.717, 1.165) is 0 Å². The molecular formula is C13H15BrClNO3. The summed E-state index contributed by atoms with van der Waals surface area (Å²) in [6.07, 6.45) is 0.995. The maximum Gasteiger partial charge on any atom is 0.329 e. The first-order chi connectivity index (χ1) is 8.81. The topological polar surface area (TPSA) is 66.4 Å². The van der Waals surface area contributed by atoms with Crippen LogP contribution < -0.4 is 5.32 Å². The second-order valence-electron chi connectivity index (χ2n) is 4.44. The molecule has 1 aromatic carbocycles. The van der Waals surface area contributed by atoms with Crippen LogP contribution in [0.25, 0.3) is 0 Å². The number of hydrogen-bond acceptors (Lipinski definition) is 2. The number of carbonyl (C=O) groups excluding carboxylic acids is 1. The molecule has 2 N–H and O–H groups in total. The predicted octanol–water partition coefficient (Wildman–Crippen LogP) is 3.48. The molecule has 1 amide bonds. The van der Waals surface area contributed by atoms with Crippen molar-refractivity contribution in [1.82, 2.24) is 5.32 Å². The molecule has 0 bridgehead atoms. The number of hydrogen-bond donors (Lipinski definition) is 2. The molecule has 104 valence electrons. The van der Waals surface area contributed by atoms with Gasteiger partial charge in [-0.15, -0.1) is 0 Å². The van der Waals surface area contributed by atoms with Crippen molar-refractivity contribution in [3.05, 3.63) is 33.3 Å². The molecular weight excluding hydrogens is 334 g/mol. The predicted molar refractivity (Wildman–Crippen MR) is 77.6 cm³/mol. The molecule has 0 aliphatic heterocycles. The van der Waals surface area contributed by atoms with Gasteiger partial charge in [0.1, 0.15) is 5.54 Å². The van der Waals surface area contributed by atoms with Crippen molar-refractivity contribution in [3.63, 3.8) is 0 Å². The first-order valence-electron chi connectivity index (χ1n) is 5.81. The lowest BCUT2D eigenvalue weighted by Crippen LogP contribution is -2.52. The quantitative estimate of drug-likeness (QED) is 0.856. The second-order valence-corrected chi connectivity index (χ2v) is 5.68. The van der Waals surface area contributed by atoms with Crippen molar-refractivity contribution in [2.45, 2.75) is 32.2 Å². The normalized spacial score (nSPS) is 13.7. The largest absolute Gasteiger partial charge is 0.480 e. The zero-order chi connectivity index (χ0) is 14.6. The molecule has 0 saturated heterocycles. The fourth-order valence-corrected chi connectivity index (χ4v) is 2.30. The van der Waals surface area contributed by atoms with Crippen LogP contribution in [-0.2, 0) is 4.79 Å². The Hall–Kier alpha value is -1.07. The fourth-order valence-electron chi connectivity index (χ4n) is 1.72. The molecule has 0 heterocycles. The first kappa shape index (κ1) is 16.0. The monoisotopic (exact) mass is 347 g/mol. The molecule has 1 aromatic rings. The minimum atomic E-state index is -1.29. The van der Waals surface area contributed by atoms with Crippen LogP contribution in [-0.4, -0.2) is 22.5 Å². The summed E-state index contributed by atoms with van der Waals surface area (Å²) < 4.78 is 0.592. The van der Waals surface area contributed by atoms with E-state index in [1.54, 1.807) is 18.2 Å². The van der Waals surface area contributed by atoms with Crippen LogP contribution in [0.15, 0.2) is 22.7 Å². The SMILES string of the molecule is CCCC(C)(NC(=O)c1cccc(Br)c1Cl)C(=O)O. The van der Waals surface area contributed by atoms with Crippen LogP contribution in [0.5, 0.6) is 0 Å². The third kappa shape index (κ3) is 3.70. The fraction of sp³-hybridized carbons (Fsp3) is 0.385. The van der Waals surface area contributed by atoms with E-state index in [1.807, 2.05) is 6.92 Å². The van der Waals surface area contributed by atoms with E-state index in [0.29, 0.717) is 17.3 Å². The zero-order valence-electron chi connectivity index (χ0n) is 10.7. The standard InChI is InChI=1S/C13H15BrClNO3/c1-3-7-13(2,12(18)19)16-11(17)8-5-4-6-9(14)10(8)15/h4-6H,3,7H2,1-2H3,(H,16,17)(H,18,19). The minimum Gasteiger partial charge on any atom is -0.480 e. The second kappa shape index (κ2) is 6.39. The van der Waals surface area contributed by atoms with Gasteiger partial charge in [0.15, 0.2) is 0 Å². The van der Waals surface area contributed by atoms with Crippen LogP contribution in [0.2, 0.25) is 5.02 Å². The molecule has 19 heavy (non-hydrogen) atoms. The highest BCUT2D eigenvalue weighted by Gasteiger charge is 2.34. The summed E-state index contributed by atoms with van der Waals surface area (Å²) in [6.45, 7) is 3.35. The summed E-state index contributed by atoms with van der Waals surface area (Å²) in [5.41, 5.74) is -1.04. The summed E-state index contributed by atoms with van der Waals surface area (Å²) in [5.74, 6) is -1.56. The number of rotatable bonds is 5. The molecule has 0 radical (unpaired) electrons. The summed E-state index contributed by atoms with van der Waals surface area (Å²) in [5, 5.41) is 12.0. The Morgan fingerprint density at radius 3 is 2.63 bits per heavy atom. The molecule has 0 aliphatic carbocycles. The third-order valence-electron chi connectivity index (χ3n) is 2.81. The average molecular weight is 349 g/mol. The van der Waals surface area contributed by atoms with Gasteiger partial charge in [0.05, 0.1) is 10.6 Å². The van der Waals surface area contributed by atoms with Gasteiger partial charge in [0.2, 0.25) is 0 Å². The molecule has 0 fully saturated rings. The van der Waals surface area contributed by atoms with Gasteiger partial charge in [-0.25, -0.2) is 4.79 Å². The Bertz CT molecular complexity index is 507. The Labute approximate surface area is 125 Å². The van der Waals surface area contributed by atoms with Crippen molar-refractivity contribution in [1.29, 1.82) is 0 Å². The first-order valence-corrected chi connectivity index (χ1v) is 6.99. The maximum absolute atomic E-state index is 12.1. The average Bonchev–Trinajstić information content (AvgIpc) is 2.32. The number of amides is 1. The van der Waals surface area contributed by atoms with Crippen molar-refractivity contribution in [2.75, 3.05) is 0 Å². The summed E-state index contributed by atoms with van der Waals surface area (Å²) in [4.78, 5) is 23.4. The van der Waals surface area contributed by atoms with E-state index >= 15 is 0 Å². The van der Waals surface area contributed by atoms with E-state index in [9.17, 15) is 14.7 Å². The number of carboxylic acid groups (broad SMARTS) is 1. The number of halogens is 2. The van der Waals surface area contributed by atoms with Crippen LogP contribution in [0.3, 0.4) is 0 Å². The van der Waals surface area contributed by atoms with Crippen LogP contribution in [0.4, 0.5) is 0 Å². The molecule has 0 spiro atoms. The molecule has 0 saturated carbocycles. The van der Waals surface area contributed by atoms with Gasteiger partial charge in [0, 0.05) is 4.47 Å². The molecule has 6 heteroatoms. The van der Waals surface area contributed by atoms with Gasteiger partial charge in [-0.3, -0.25) is 4.79 Å². The van der Waals surface area contributed by atoms with Crippen molar-refractivity contribution in [2.24, 2.45) is 0 Å². The van der Waals surface area contributed by atoms with Crippen molar-refractivity contribution < 1.29 is 14.7 Å². The highest BCUT2D eigenvalue weighted by molar-refractivity contribution is 9.10. The van der Waals surface area contributed by atoms with E-state index in [2.05, 4.69) is 21.2 Å². The van der Waals surface area contributed by atoms with Gasteiger partial charge in [-0.2, -0.15) is 0 Å². The Morgan fingerprint density at radius 1 is 1.47 bits per heavy atom. The molecule has 1 unspecified atom stereocenters. The minimum absolute atomic E-state index is 0.250. The lowest BCUT2D eigenvalue weighted by Gasteiger charge is -2.26. The molecule has 0 aliphatic rings. The number of carbonyl (C=O) groups is 2. The van der Waals surface area contributed by atoms with E-state index in [4.69, 9.17) is 11.6 Å². The Balaban J connectivity index is 3.01. The van der Waals surface area contributed by atoms with Gasteiger partial charge >= 0.3 is 5.97 Å². The number of nitrogens with one attached hydrogen (secondary N) is 1. The highest BCUT2D eigenvalue weighted by Crippen LogP contribution is 2.26. The Morgan fingerprint density at radius 2 is 2.11 bits per heavy atom. The van der Waals surface area contributed by atoms with Crippen LogP contribution in [0, 0.1) is 0 Å². The Kier molecular flexibility index (Phi) is 5.38. The van der Waals surface area contributed by atoms with Crippen molar-refractivity contribution in [3.8, 4) is 0 Å². The smallest absolute Gasteiger partial charge is 0.329 e. The lowest BCUT2D eigenvalue weighted by molar-refractivity contribution is -0.144. The highest BCUT2D eigenvalue weighted by atomic mass is 79.9. The number of benzene rings is 1. The lowest BCUT2D eigenvalue weighted by atomic mass is 9.96. The van der Waals surface area contributed by atoms with Gasteiger partial charge in [-0.05, 0) is 41.4 Å². The summed E-state index contributed by atoms with van der Waals surface area (Å²) in [6, 6.07) is 4.93. The van der Waals surface area contributed by atoms with Crippen LogP contribution in [0.1, 0.15) is 37.0 Å². The summed E-state index contributed by atoms with van der Waals surface area (Å²) >= 11 is 9.24. The van der Waals surface area contributed by atoms with Gasteiger partial charge in [0.25, 0.3) is 5.91 Å². The van der Waals surface area contributed by atoms with E-state index in [-0.39, 0.29) is 10.6 Å². The molecule has 0 aromatic heterocycles. The van der Waals surface area contributed by atoms with Gasteiger partial charge in [-0.1, -0.05) is 31.0 Å². The van der Waals surface area contributed by atoms with Crippen LogP contribution >= 0.6 is 27.5 Å². The number of aliphatic carboxylic acids is 1. The molecule has 1 atom stereocenters.